The molecule has 4 rings (SSSR count). The van der Waals surface area contributed by atoms with Crippen LogP contribution in [0.5, 0.6) is 5.75 Å². The molecule has 9 nitrogen and oxygen atoms in total. The minimum absolute atomic E-state index is 0.0339. The SMILES string of the molecule is COc1cc(C)c(S(=O)(=O)N(C)CCOCC(=O)N(C)[C@H]2CC[C@@H](N3CCN(CC4CC4)CC3)CC2)c(C)c1. The molecule has 1 aromatic carbocycles. The van der Waals surface area contributed by atoms with Crippen LogP contribution < -0.4 is 4.74 Å². The number of carbonyl (C=O) groups excluding carboxylic acids is 1. The van der Waals surface area contributed by atoms with Crippen LogP contribution in [0.2, 0.25) is 0 Å². The molecule has 3 aliphatic rings. The first kappa shape index (κ1) is 30.2. The Labute approximate surface area is 235 Å². The van der Waals surface area contributed by atoms with E-state index in [0.717, 1.165) is 31.6 Å². The van der Waals surface area contributed by atoms with E-state index in [4.69, 9.17) is 9.47 Å². The highest BCUT2D eigenvalue weighted by Gasteiger charge is 2.32. The third-order valence-corrected chi connectivity index (χ3v) is 11.0. The minimum Gasteiger partial charge on any atom is -0.497 e. The quantitative estimate of drug-likeness (QED) is 0.361. The van der Waals surface area contributed by atoms with Gasteiger partial charge in [-0.1, -0.05) is 0 Å². The first-order chi connectivity index (χ1) is 18.6. The van der Waals surface area contributed by atoms with E-state index in [9.17, 15) is 13.2 Å². The summed E-state index contributed by atoms with van der Waals surface area (Å²) >= 11 is 0. The molecule has 1 saturated heterocycles. The molecular weight excluding hydrogens is 516 g/mol. The number of rotatable bonds is 12. The van der Waals surface area contributed by atoms with Crippen LogP contribution in [0.15, 0.2) is 17.0 Å². The zero-order valence-electron chi connectivity index (χ0n) is 24.5. The van der Waals surface area contributed by atoms with E-state index in [-0.39, 0.29) is 36.6 Å². The van der Waals surface area contributed by atoms with Crippen LogP contribution in [0.4, 0.5) is 0 Å². The molecule has 0 spiro atoms. The molecule has 2 saturated carbocycles. The summed E-state index contributed by atoms with van der Waals surface area (Å²) in [4.78, 5) is 20.2. The van der Waals surface area contributed by atoms with Crippen molar-refractivity contribution in [2.24, 2.45) is 5.92 Å². The molecule has 1 aliphatic heterocycles. The lowest BCUT2D eigenvalue weighted by Crippen LogP contribution is -2.52. The molecular formula is C29H48N4O5S. The van der Waals surface area contributed by atoms with E-state index in [2.05, 4.69) is 9.80 Å². The number of amides is 1. The molecule has 220 valence electrons. The number of likely N-dealkylation sites (N-methyl/N-ethyl adjacent to an activating group) is 2. The number of methoxy groups -OCH3 is 1. The Morgan fingerprint density at radius 3 is 2.15 bits per heavy atom. The van der Waals surface area contributed by atoms with Crippen LogP contribution in [0.3, 0.4) is 0 Å². The van der Waals surface area contributed by atoms with Gasteiger partial charge < -0.3 is 19.3 Å². The highest BCUT2D eigenvalue weighted by Crippen LogP contribution is 2.31. The molecule has 39 heavy (non-hydrogen) atoms. The van der Waals surface area contributed by atoms with Gasteiger partial charge in [-0.2, -0.15) is 4.31 Å². The van der Waals surface area contributed by atoms with Crippen molar-refractivity contribution in [3.8, 4) is 5.75 Å². The highest BCUT2D eigenvalue weighted by molar-refractivity contribution is 7.89. The average molecular weight is 565 g/mol. The summed E-state index contributed by atoms with van der Waals surface area (Å²) in [6.07, 6.45) is 7.17. The van der Waals surface area contributed by atoms with Gasteiger partial charge in [0.2, 0.25) is 15.9 Å². The predicted octanol–water partition coefficient (Wildman–Crippen LogP) is 2.75. The second-order valence-electron chi connectivity index (χ2n) is 11.7. The van der Waals surface area contributed by atoms with Crippen LogP contribution in [-0.4, -0.2) is 119 Å². The lowest BCUT2D eigenvalue weighted by atomic mass is 9.89. The van der Waals surface area contributed by atoms with Crippen LogP contribution >= 0.6 is 0 Å². The van der Waals surface area contributed by atoms with Crippen LogP contribution in [0.1, 0.15) is 49.7 Å². The van der Waals surface area contributed by atoms with Gasteiger partial charge in [0, 0.05) is 65.4 Å². The van der Waals surface area contributed by atoms with Crippen molar-refractivity contribution in [2.45, 2.75) is 69.4 Å². The van der Waals surface area contributed by atoms with Crippen molar-refractivity contribution in [3.05, 3.63) is 23.3 Å². The Morgan fingerprint density at radius 1 is 0.974 bits per heavy atom. The number of carbonyl (C=O) groups is 1. The average Bonchev–Trinajstić information content (AvgIpc) is 3.74. The molecule has 0 aromatic heterocycles. The van der Waals surface area contributed by atoms with Gasteiger partial charge in [0.15, 0.2) is 0 Å². The Balaban J connectivity index is 1.15. The molecule has 1 heterocycles. The predicted molar refractivity (Wildman–Crippen MR) is 153 cm³/mol. The largest absolute Gasteiger partial charge is 0.497 e. The van der Waals surface area contributed by atoms with Gasteiger partial charge in [0.05, 0.1) is 18.6 Å². The van der Waals surface area contributed by atoms with Gasteiger partial charge in [-0.05, 0) is 81.5 Å². The molecule has 3 fully saturated rings. The maximum absolute atomic E-state index is 13.2. The fourth-order valence-electron chi connectivity index (χ4n) is 6.16. The fourth-order valence-corrected chi connectivity index (χ4v) is 7.71. The van der Waals surface area contributed by atoms with E-state index in [1.165, 1.54) is 49.9 Å². The number of benzene rings is 1. The van der Waals surface area contributed by atoms with E-state index in [1.807, 2.05) is 11.9 Å². The zero-order valence-corrected chi connectivity index (χ0v) is 25.3. The molecule has 10 heteroatoms. The molecule has 1 amide bonds. The van der Waals surface area contributed by atoms with Crippen molar-refractivity contribution < 1.29 is 22.7 Å². The standard InChI is InChI=1S/C29H48N4O5S/c1-22-18-27(37-5)19-23(2)29(22)39(35,36)30(3)16-17-38-21-28(34)31(4)25-8-10-26(11-9-25)33-14-12-32(13-15-33)20-24-6-7-24/h18-19,24-26H,6-17,20-21H2,1-5H3/t25-,26+. The summed E-state index contributed by atoms with van der Waals surface area (Å²) in [6, 6.07) is 4.34. The molecule has 0 unspecified atom stereocenters. The summed E-state index contributed by atoms with van der Waals surface area (Å²) in [5, 5.41) is 0. The normalized spacial score (nSPS) is 23.2. The maximum atomic E-state index is 13.2. The Kier molecular flexibility index (Phi) is 10.3. The summed E-state index contributed by atoms with van der Waals surface area (Å²) in [7, 11) is 1.30. The van der Waals surface area contributed by atoms with Crippen molar-refractivity contribution in [1.82, 2.24) is 19.0 Å². The monoisotopic (exact) mass is 564 g/mol. The van der Waals surface area contributed by atoms with Crippen molar-refractivity contribution in [2.75, 3.05) is 73.7 Å². The van der Waals surface area contributed by atoms with Crippen LogP contribution in [-0.2, 0) is 19.6 Å². The molecule has 2 aliphatic carbocycles. The Morgan fingerprint density at radius 2 is 1.59 bits per heavy atom. The summed E-state index contributed by atoms with van der Waals surface area (Å²) < 4.78 is 38.5. The molecule has 0 bridgehead atoms. The summed E-state index contributed by atoms with van der Waals surface area (Å²) in [6.45, 7) is 9.86. The maximum Gasteiger partial charge on any atom is 0.248 e. The highest BCUT2D eigenvalue weighted by atomic mass is 32.2. The summed E-state index contributed by atoms with van der Waals surface area (Å²) in [5.74, 6) is 1.55. The van der Waals surface area contributed by atoms with Gasteiger partial charge in [-0.25, -0.2) is 8.42 Å². The van der Waals surface area contributed by atoms with Gasteiger partial charge in [-0.3, -0.25) is 9.69 Å². The number of nitrogens with zero attached hydrogens (tertiary/aromatic N) is 4. The van der Waals surface area contributed by atoms with Gasteiger partial charge in [-0.15, -0.1) is 0 Å². The number of sulfonamides is 1. The first-order valence-electron chi connectivity index (χ1n) is 14.5. The van der Waals surface area contributed by atoms with Crippen molar-refractivity contribution in [1.29, 1.82) is 0 Å². The van der Waals surface area contributed by atoms with Gasteiger partial charge in [0.1, 0.15) is 12.4 Å². The summed E-state index contributed by atoms with van der Waals surface area (Å²) in [5.41, 5.74) is 1.28. The lowest BCUT2D eigenvalue weighted by molar-refractivity contribution is -0.137. The Hall–Kier alpha value is -1.72. The fraction of sp³-hybridized carbons (Fsp3) is 0.759. The number of aryl methyl sites for hydroxylation is 2. The second-order valence-corrected chi connectivity index (χ2v) is 13.7. The third-order valence-electron chi connectivity index (χ3n) is 8.86. The first-order valence-corrected chi connectivity index (χ1v) is 16.0. The number of hydrogen-bond donors (Lipinski definition) is 0. The van der Waals surface area contributed by atoms with Crippen LogP contribution in [0.25, 0.3) is 0 Å². The van der Waals surface area contributed by atoms with E-state index in [0.29, 0.717) is 22.9 Å². The van der Waals surface area contributed by atoms with Crippen molar-refractivity contribution in [3.63, 3.8) is 0 Å². The van der Waals surface area contributed by atoms with Crippen LogP contribution in [0, 0.1) is 19.8 Å². The zero-order chi connectivity index (χ0) is 28.2. The topological polar surface area (TPSA) is 82.6 Å². The second kappa shape index (κ2) is 13.3. The minimum atomic E-state index is -3.68. The van der Waals surface area contributed by atoms with E-state index < -0.39 is 10.0 Å². The number of hydrogen-bond acceptors (Lipinski definition) is 7. The van der Waals surface area contributed by atoms with E-state index in [1.54, 1.807) is 40.1 Å². The Bertz CT molecular complexity index is 1050. The molecule has 1 aromatic rings. The van der Waals surface area contributed by atoms with Crippen molar-refractivity contribution >= 4 is 15.9 Å². The van der Waals surface area contributed by atoms with Gasteiger partial charge >= 0.3 is 0 Å². The number of piperazine rings is 1. The molecule has 0 radical (unpaired) electrons. The van der Waals surface area contributed by atoms with Gasteiger partial charge in [0.25, 0.3) is 0 Å². The van der Waals surface area contributed by atoms with E-state index >= 15 is 0 Å². The smallest absolute Gasteiger partial charge is 0.248 e. The third kappa shape index (κ3) is 7.73. The lowest BCUT2D eigenvalue weighted by Gasteiger charge is -2.43. The number of ether oxygens (including phenoxy) is 2. The molecule has 0 atom stereocenters. The molecule has 0 N–H and O–H groups in total.